The van der Waals surface area contributed by atoms with Crippen LogP contribution < -0.4 is 10.9 Å². The third-order valence-electron chi connectivity index (χ3n) is 3.68. The van der Waals surface area contributed by atoms with E-state index in [9.17, 15) is 9.59 Å². The van der Waals surface area contributed by atoms with Crippen molar-refractivity contribution in [3.05, 3.63) is 63.4 Å². The van der Waals surface area contributed by atoms with E-state index in [1.54, 1.807) is 0 Å². The Labute approximate surface area is 154 Å². The van der Waals surface area contributed by atoms with Gasteiger partial charge in [0.2, 0.25) is 0 Å². The first-order valence-corrected chi connectivity index (χ1v) is 8.86. The summed E-state index contributed by atoms with van der Waals surface area (Å²) in [6.07, 6.45) is 0. The van der Waals surface area contributed by atoms with E-state index >= 15 is 0 Å². The van der Waals surface area contributed by atoms with Crippen LogP contribution in [0.4, 0.5) is 5.13 Å². The fourth-order valence-corrected chi connectivity index (χ4v) is 2.97. The molecule has 1 amide bonds. The molecule has 0 aliphatic heterocycles. The van der Waals surface area contributed by atoms with Gasteiger partial charge in [0.1, 0.15) is 5.69 Å². The molecule has 3 aromatic rings. The number of thiazole rings is 1. The Morgan fingerprint density at radius 1 is 1.23 bits per heavy atom. The highest BCUT2D eigenvalue weighted by atomic mass is 32.1. The van der Waals surface area contributed by atoms with E-state index in [0.717, 1.165) is 11.3 Å². The SMILES string of the molecule is COCCn1nc(C(=O)Nc2nc(-c3ccc(C)cc3)cs2)ccc1=O. The number of anilines is 1. The van der Waals surface area contributed by atoms with Crippen molar-refractivity contribution in [2.45, 2.75) is 13.5 Å². The van der Waals surface area contributed by atoms with Gasteiger partial charge in [-0.25, -0.2) is 9.67 Å². The average molecular weight is 370 g/mol. The maximum absolute atomic E-state index is 12.4. The zero-order valence-electron chi connectivity index (χ0n) is 14.4. The lowest BCUT2D eigenvalue weighted by Gasteiger charge is -2.06. The number of nitrogens with zero attached hydrogens (tertiary/aromatic N) is 3. The minimum atomic E-state index is -0.416. The van der Waals surface area contributed by atoms with Gasteiger partial charge in [0.25, 0.3) is 11.5 Å². The third kappa shape index (κ3) is 4.22. The summed E-state index contributed by atoms with van der Waals surface area (Å²) in [6.45, 7) is 2.64. The molecule has 134 valence electrons. The van der Waals surface area contributed by atoms with Crippen LogP contribution in [-0.2, 0) is 11.3 Å². The number of amides is 1. The number of nitrogens with one attached hydrogen (secondary N) is 1. The summed E-state index contributed by atoms with van der Waals surface area (Å²) in [5.41, 5.74) is 2.82. The second kappa shape index (κ2) is 8.03. The fourth-order valence-electron chi connectivity index (χ4n) is 2.26. The maximum Gasteiger partial charge on any atom is 0.277 e. The number of hydrogen-bond donors (Lipinski definition) is 1. The minimum Gasteiger partial charge on any atom is -0.383 e. The summed E-state index contributed by atoms with van der Waals surface area (Å²) in [5.74, 6) is -0.416. The van der Waals surface area contributed by atoms with Crippen LogP contribution in [0.25, 0.3) is 11.3 Å². The molecule has 1 aromatic carbocycles. The zero-order chi connectivity index (χ0) is 18.5. The molecule has 0 aliphatic rings. The van der Waals surface area contributed by atoms with Crippen molar-refractivity contribution in [2.24, 2.45) is 0 Å². The Bertz CT molecular complexity index is 963. The lowest BCUT2D eigenvalue weighted by molar-refractivity contribution is 0.101. The van der Waals surface area contributed by atoms with Gasteiger partial charge in [-0.1, -0.05) is 29.8 Å². The highest BCUT2D eigenvalue weighted by molar-refractivity contribution is 7.14. The summed E-state index contributed by atoms with van der Waals surface area (Å²) >= 11 is 1.33. The smallest absolute Gasteiger partial charge is 0.277 e. The standard InChI is InChI=1S/C18H18N4O3S/c1-12-3-5-13(6-4-12)15-11-26-18(19-15)20-17(24)14-7-8-16(23)22(21-14)9-10-25-2/h3-8,11H,9-10H2,1-2H3,(H,19,20,24). The Morgan fingerprint density at radius 3 is 2.73 bits per heavy atom. The first-order valence-electron chi connectivity index (χ1n) is 7.98. The summed E-state index contributed by atoms with van der Waals surface area (Å²) < 4.78 is 6.15. The molecule has 1 N–H and O–H groups in total. The Hall–Kier alpha value is -2.84. The lowest BCUT2D eigenvalue weighted by Crippen LogP contribution is -2.27. The molecule has 0 bridgehead atoms. The van der Waals surface area contributed by atoms with Crippen LogP contribution in [-0.4, -0.2) is 34.4 Å². The number of benzene rings is 1. The molecule has 0 saturated carbocycles. The molecule has 0 spiro atoms. The molecule has 2 heterocycles. The number of aromatic nitrogens is 3. The van der Waals surface area contributed by atoms with Crippen LogP contribution in [0, 0.1) is 6.92 Å². The van der Waals surface area contributed by atoms with Crippen LogP contribution in [0.15, 0.2) is 46.6 Å². The summed E-state index contributed by atoms with van der Waals surface area (Å²) in [4.78, 5) is 28.6. The molecule has 7 nitrogen and oxygen atoms in total. The molecule has 3 rings (SSSR count). The largest absolute Gasteiger partial charge is 0.383 e. The van der Waals surface area contributed by atoms with Gasteiger partial charge in [0, 0.05) is 24.1 Å². The topological polar surface area (TPSA) is 86.1 Å². The average Bonchev–Trinajstić information content (AvgIpc) is 3.10. The molecule has 0 fully saturated rings. The minimum absolute atomic E-state index is 0.146. The first kappa shape index (κ1) is 18.0. The summed E-state index contributed by atoms with van der Waals surface area (Å²) in [6, 6.07) is 10.7. The molecule has 26 heavy (non-hydrogen) atoms. The van der Waals surface area contributed by atoms with Crippen molar-refractivity contribution in [1.29, 1.82) is 0 Å². The van der Waals surface area contributed by atoms with Crippen molar-refractivity contribution in [3.8, 4) is 11.3 Å². The molecule has 0 aliphatic carbocycles. The monoisotopic (exact) mass is 370 g/mol. The van der Waals surface area contributed by atoms with Gasteiger partial charge in [-0.05, 0) is 13.0 Å². The van der Waals surface area contributed by atoms with Crippen molar-refractivity contribution in [1.82, 2.24) is 14.8 Å². The summed E-state index contributed by atoms with van der Waals surface area (Å²) in [5, 5.41) is 9.15. The molecule has 0 saturated heterocycles. The van der Waals surface area contributed by atoms with Gasteiger partial charge in [-0.2, -0.15) is 5.10 Å². The number of rotatable bonds is 6. The first-order chi connectivity index (χ1) is 12.6. The Balaban J connectivity index is 1.74. The van der Waals surface area contributed by atoms with Crippen molar-refractivity contribution >= 4 is 22.4 Å². The van der Waals surface area contributed by atoms with E-state index in [1.165, 1.54) is 40.8 Å². The number of methoxy groups -OCH3 is 1. The van der Waals surface area contributed by atoms with E-state index in [-0.39, 0.29) is 17.8 Å². The third-order valence-corrected chi connectivity index (χ3v) is 4.44. The summed E-state index contributed by atoms with van der Waals surface area (Å²) in [7, 11) is 1.54. The molecule has 0 unspecified atom stereocenters. The van der Waals surface area contributed by atoms with Gasteiger partial charge < -0.3 is 4.74 Å². The van der Waals surface area contributed by atoms with Crippen molar-refractivity contribution in [2.75, 3.05) is 19.0 Å². The zero-order valence-corrected chi connectivity index (χ0v) is 15.2. The highest BCUT2D eigenvalue weighted by Gasteiger charge is 2.13. The number of carbonyl (C=O) groups is 1. The van der Waals surface area contributed by atoms with Crippen LogP contribution in [0.5, 0.6) is 0 Å². The highest BCUT2D eigenvalue weighted by Crippen LogP contribution is 2.25. The Morgan fingerprint density at radius 2 is 2.00 bits per heavy atom. The Kier molecular flexibility index (Phi) is 5.55. The van der Waals surface area contributed by atoms with E-state index in [2.05, 4.69) is 15.4 Å². The van der Waals surface area contributed by atoms with E-state index in [4.69, 9.17) is 4.74 Å². The second-order valence-electron chi connectivity index (χ2n) is 5.63. The number of carbonyl (C=O) groups excluding carboxylic acids is 1. The molecule has 0 radical (unpaired) electrons. The second-order valence-corrected chi connectivity index (χ2v) is 6.49. The predicted molar refractivity (Wildman–Crippen MR) is 101 cm³/mol. The number of aryl methyl sites for hydroxylation is 1. The van der Waals surface area contributed by atoms with E-state index < -0.39 is 5.91 Å². The molecular weight excluding hydrogens is 352 g/mol. The van der Waals surface area contributed by atoms with Crippen LogP contribution >= 0.6 is 11.3 Å². The van der Waals surface area contributed by atoms with Gasteiger partial charge in [-0.15, -0.1) is 11.3 Å². The van der Waals surface area contributed by atoms with E-state index in [1.807, 2.05) is 36.6 Å². The maximum atomic E-state index is 12.4. The van der Waals surface area contributed by atoms with Gasteiger partial charge in [0.15, 0.2) is 5.13 Å². The van der Waals surface area contributed by atoms with Crippen LogP contribution in [0.1, 0.15) is 16.1 Å². The van der Waals surface area contributed by atoms with Gasteiger partial charge >= 0.3 is 0 Å². The number of hydrogen-bond acceptors (Lipinski definition) is 6. The van der Waals surface area contributed by atoms with Crippen molar-refractivity contribution < 1.29 is 9.53 Å². The molecule has 2 aromatic heterocycles. The lowest BCUT2D eigenvalue weighted by atomic mass is 10.1. The van der Waals surface area contributed by atoms with Crippen LogP contribution in [0.3, 0.4) is 0 Å². The van der Waals surface area contributed by atoms with E-state index in [0.29, 0.717) is 11.7 Å². The number of ether oxygens (including phenoxy) is 1. The molecular formula is C18H18N4O3S. The van der Waals surface area contributed by atoms with Gasteiger partial charge in [0.05, 0.1) is 18.8 Å². The van der Waals surface area contributed by atoms with Crippen LogP contribution in [0.2, 0.25) is 0 Å². The van der Waals surface area contributed by atoms with Crippen molar-refractivity contribution in [3.63, 3.8) is 0 Å². The predicted octanol–water partition coefficient (Wildman–Crippen LogP) is 2.57. The van der Waals surface area contributed by atoms with Gasteiger partial charge in [-0.3, -0.25) is 14.9 Å². The molecule has 0 atom stereocenters. The fraction of sp³-hybridized carbons (Fsp3) is 0.222. The molecule has 8 heteroatoms. The quantitative estimate of drug-likeness (QED) is 0.721. The normalized spacial score (nSPS) is 10.7.